The van der Waals surface area contributed by atoms with Crippen LogP contribution in [0.25, 0.3) is 0 Å². The van der Waals surface area contributed by atoms with E-state index in [9.17, 15) is 0 Å². The fraction of sp³-hybridized carbons (Fsp3) is 0.375. The van der Waals surface area contributed by atoms with Crippen molar-refractivity contribution in [2.24, 2.45) is 5.90 Å². The molecule has 12 heavy (non-hydrogen) atoms. The lowest BCUT2D eigenvalue weighted by molar-refractivity contribution is -0.0238. The SMILES string of the molecule is CC(C)(ON)c1ccc(Cl)nc1. The molecule has 1 heterocycles. The van der Waals surface area contributed by atoms with Crippen LogP contribution in [-0.4, -0.2) is 4.98 Å². The Kier molecular flexibility index (Phi) is 2.67. The van der Waals surface area contributed by atoms with Crippen LogP contribution in [0.4, 0.5) is 0 Å². The van der Waals surface area contributed by atoms with Gasteiger partial charge in [-0.25, -0.2) is 10.9 Å². The molecule has 0 bridgehead atoms. The molecule has 4 heteroatoms. The molecule has 0 unspecified atom stereocenters. The summed E-state index contributed by atoms with van der Waals surface area (Å²) < 4.78 is 0. The normalized spacial score (nSPS) is 11.7. The molecule has 0 saturated heterocycles. The third-order valence-electron chi connectivity index (χ3n) is 1.72. The maximum atomic E-state index is 5.62. The first-order chi connectivity index (χ1) is 5.56. The molecular weight excluding hydrogens is 176 g/mol. The molecule has 0 atom stereocenters. The second-order valence-electron chi connectivity index (χ2n) is 3.00. The van der Waals surface area contributed by atoms with E-state index in [4.69, 9.17) is 22.3 Å². The number of hydrogen-bond donors (Lipinski definition) is 1. The molecule has 1 aromatic rings. The second-order valence-corrected chi connectivity index (χ2v) is 3.39. The highest BCUT2D eigenvalue weighted by Gasteiger charge is 2.20. The van der Waals surface area contributed by atoms with Gasteiger partial charge in [0.15, 0.2) is 0 Å². The summed E-state index contributed by atoms with van der Waals surface area (Å²) in [6.07, 6.45) is 1.65. The highest BCUT2D eigenvalue weighted by Crippen LogP contribution is 2.22. The van der Waals surface area contributed by atoms with E-state index in [1.54, 1.807) is 12.3 Å². The monoisotopic (exact) mass is 186 g/mol. The molecule has 0 fully saturated rings. The molecule has 0 aromatic carbocycles. The lowest BCUT2D eigenvalue weighted by atomic mass is 10.0. The fourth-order valence-electron chi connectivity index (χ4n) is 0.800. The Morgan fingerprint density at radius 3 is 2.58 bits per heavy atom. The first-order valence-corrected chi connectivity index (χ1v) is 3.94. The Balaban J connectivity index is 2.96. The predicted octanol–water partition coefficient (Wildman–Crippen LogP) is 1.86. The maximum absolute atomic E-state index is 5.62. The van der Waals surface area contributed by atoms with Crippen LogP contribution in [-0.2, 0) is 10.4 Å². The molecular formula is C8H11ClN2O. The molecule has 2 N–H and O–H groups in total. The van der Waals surface area contributed by atoms with Crippen molar-refractivity contribution < 1.29 is 4.84 Å². The summed E-state index contributed by atoms with van der Waals surface area (Å²) in [6, 6.07) is 3.54. The highest BCUT2D eigenvalue weighted by molar-refractivity contribution is 6.29. The first kappa shape index (κ1) is 9.45. The molecule has 1 rings (SSSR count). The van der Waals surface area contributed by atoms with Gasteiger partial charge in [-0.15, -0.1) is 0 Å². The van der Waals surface area contributed by atoms with Gasteiger partial charge >= 0.3 is 0 Å². The van der Waals surface area contributed by atoms with Crippen LogP contribution >= 0.6 is 11.6 Å². The van der Waals surface area contributed by atoms with Crippen molar-refractivity contribution in [2.75, 3.05) is 0 Å². The molecule has 3 nitrogen and oxygen atoms in total. The quantitative estimate of drug-likeness (QED) is 0.567. The average molecular weight is 187 g/mol. The summed E-state index contributed by atoms with van der Waals surface area (Å²) in [4.78, 5) is 8.70. The number of hydrogen-bond acceptors (Lipinski definition) is 3. The van der Waals surface area contributed by atoms with Crippen molar-refractivity contribution in [1.82, 2.24) is 4.98 Å². The molecule has 0 saturated carbocycles. The number of nitrogens with two attached hydrogens (primary N) is 1. The van der Waals surface area contributed by atoms with Gasteiger partial charge in [0.2, 0.25) is 0 Å². The number of nitrogens with zero attached hydrogens (tertiary/aromatic N) is 1. The standard InChI is InChI=1S/C8H11ClN2O/c1-8(2,12-10)6-3-4-7(9)11-5-6/h3-5H,10H2,1-2H3. The van der Waals surface area contributed by atoms with Crippen molar-refractivity contribution in [3.63, 3.8) is 0 Å². The number of halogens is 1. The van der Waals surface area contributed by atoms with Gasteiger partial charge in [0.05, 0.1) is 0 Å². The van der Waals surface area contributed by atoms with Gasteiger partial charge in [-0.2, -0.15) is 0 Å². The largest absolute Gasteiger partial charge is 0.294 e. The Labute approximate surface area is 76.5 Å². The van der Waals surface area contributed by atoms with Gasteiger partial charge in [-0.3, -0.25) is 4.84 Å². The summed E-state index contributed by atoms with van der Waals surface area (Å²) in [5.41, 5.74) is 0.381. The Bertz CT molecular complexity index is 258. The zero-order valence-electron chi connectivity index (χ0n) is 7.04. The molecule has 0 aliphatic rings. The number of aromatic nitrogens is 1. The van der Waals surface area contributed by atoms with Crippen LogP contribution in [0.5, 0.6) is 0 Å². The summed E-state index contributed by atoms with van der Waals surface area (Å²) in [7, 11) is 0. The van der Waals surface area contributed by atoms with E-state index < -0.39 is 5.60 Å². The first-order valence-electron chi connectivity index (χ1n) is 3.56. The van der Waals surface area contributed by atoms with Gasteiger partial charge in [0.1, 0.15) is 10.8 Å². The molecule has 0 aliphatic carbocycles. The van der Waals surface area contributed by atoms with E-state index in [0.29, 0.717) is 5.15 Å². The van der Waals surface area contributed by atoms with Crippen LogP contribution in [0.1, 0.15) is 19.4 Å². The third-order valence-corrected chi connectivity index (χ3v) is 1.94. The minimum Gasteiger partial charge on any atom is -0.294 e. The average Bonchev–Trinajstić information content (AvgIpc) is 2.05. The topological polar surface area (TPSA) is 48.1 Å². The van der Waals surface area contributed by atoms with Crippen LogP contribution in [0.2, 0.25) is 5.15 Å². The summed E-state index contributed by atoms with van der Waals surface area (Å²) in [5, 5.41) is 0.464. The lowest BCUT2D eigenvalue weighted by Gasteiger charge is -2.21. The molecule has 0 radical (unpaired) electrons. The van der Waals surface area contributed by atoms with Crippen LogP contribution in [0.3, 0.4) is 0 Å². The zero-order chi connectivity index (χ0) is 9.19. The van der Waals surface area contributed by atoms with Crippen LogP contribution < -0.4 is 5.90 Å². The van der Waals surface area contributed by atoms with E-state index in [1.807, 2.05) is 19.9 Å². The lowest BCUT2D eigenvalue weighted by Crippen LogP contribution is -2.25. The van der Waals surface area contributed by atoms with Crippen LogP contribution in [0, 0.1) is 0 Å². The minimum atomic E-state index is -0.516. The third kappa shape index (κ3) is 1.94. The molecule has 66 valence electrons. The van der Waals surface area contributed by atoms with E-state index in [-0.39, 0.29) is 0 Å². The Morgan fingerprint density at radius 1 is 1.50 bits per heavy atom. The van der Waals surface area contributed by atoms with Crippen molar-refractivity contribution in [2.45, 2.75) is 19.4 Å². The van der Waals surface area contributed by atoms with Gasteiger partial charge in [0.25, 0.3) is 0 Å². The van der Waals surface area contributed by atoms with Crippen molar-refractivity contribution in [3.8, 4) is 0 Å². The highest BCUT2D eigenvalue weighted by atomic mass is 35.5. The van der Waals surface area contributed by atoms with Gasteiger partial charge in [-0.05, 0) is 19.9 Å². The maximum Gasteiger partial charge on any atom is 0.129 e. The molecule has 0 spiro atoms. The van der Waals surface area contributed by atoms with E-state index >= 15 is 0 Å². The van der Waals surface area contributed by atoms with Gasteiger partial charge < -0.3 is 0 Å². The van der Waals surface area contributed by atoms with Crippen molar-refractivity contribution in [1.29, 1.82) is 0 Å². The summed E-state index contributed by atoms with van der Waals surface area (Å²) in [5.74, 6) is 5.12. The van der Waals surface area contributed by atoms with Gasteiger partial charge in [0, 0.05) is 11.8 Å². The van der Waals surface area contributed by atoms with Crippen LogP contribution in [0.15, 0.2) is 18.3 Å². The zero-order valence-corrected chi connectivity index (χ0v) is 7.80. The Morgan fingerprint density at radius 2 is 2.17 bits per heavy atom. The Hall–Kier alpha value is -0.640. The second kappa shape index (κ2) is 3.39. The molecule has 0 amide bonds. The summed E-state index contributed by atoms with van der Waals surface area (Å²) in [6.45, 7) is 3.72. The van der Waals surface area contributed by atoms with E-state index in [1.165, 1.54) is 0 Å². The fourth-order valence-corrected chi connectivity index (χ4v) is 0.912. The van der Waals surface area contributed by atoms with Gasteiger partial charge in [-0.1, -0.05) is 17.7 Å². The van der Waals surface area contributed by atoms with E-state index in [0.717, 1.165) is 5.56 Å². The molecule has 0 aliphatic heterocycles. The van der Waals surface area contributed by atoms with Crippen molar-refractivity contribution >= 4 is 11.6 Å². The predicted molar refractivity (Wildman–Crippen MR) is 47.5 cm³/mol. The number of pyridine rings is 1. The van der Waals surface area contributed by atoms with Crippen molar-refractivity contribution in [3.05, 3.63) is 29.0 Å². The minimum absolute atomic E-state index is 0.464. The molecule has 1 aromatic heterocycles. The summed E-state index contributed by atoms with van der Waals surface area (Å²) >= 11 is 5.62. The number of rotatable bonds is 2. The smallest absolute Gasteiger partial charge is 0.129 e. The van der Waals surface area contributed by atoms with E-state index in [2.05, 4.69) is 4.98 Å².